The molecule has 117 heavy (non-hydrogen) atoms. The number of aliphatic hydroxyl groups excluding tert-OH is 1. The predicted octanol–water partition coefficient (Wildman–Crippen LogP) is 28.1. The van der Waals surface area contributed by atoms with E-state index in [-0.39, 0.29) is 50.2 Å². The summed E-state index contributed by atoms with van der Waals surface area (Å²) in [5.74, 6) is 5.90. The Balaban J connectivity index is 0.000000136. The minimum Gasteiger partial charge on any atom is -0.497 e. The lowest BCUT2D eigenvalue weighted by Crippen LogP contribution is -2.05. The number of rotatable bonds is 24. The topological polar surface area (TPSA) is 66.4 Å². The summed E-state index contributed by atoms with van der Waals surface area (Å²) in [6.07, 6.45) is 0. The van der Waals surface area contributed by atoms with E-state index in [1.807, 2.05) is 121 Å². The Labute approximate surface area is 711 Å². The molecule has 0 saturated heterocycles. The molecule has 582 valence electrons. The molecule has 16 rings (SSSR count). The standard InChI is InChI=1S/C27H25O2S2.C26H23O3S.C26H23OS.C26H23S2/c1-20-4-10-23(11-5-20)30-24-12-18-27(19-13-24)31(25-14-6-21(28-2)7-15-25)26-16-8-22(29-3)9-17-26;1-28-21-9-15-25(16-10-21)30(24-13-7-20(19-27)8-14-24)26-17-11-23(12-18-26)29-22-5-3-2-4-6-22;2*1-20-8-14-24(15-9-20)28(25-16-10-21(2)11-17-25)26-18-12-23(13-19-26)27-22-6-4-3-5-7-22/h4-19H,1-3H3;2-18,27H,19H2,1H3;2*3-19H,1-2H3/q4*+1. The second-order valence-corrected chi connectivity index (χ2v) is 37.8. The Morgan fingerprint density at radius 1 is 0.197 bits per heavy atom. The fourth-order valence-corrected chi connectivity index (χ4v) is 22.2. The van der Waals surface area contributed by atoms with E-state index in [4.69, 9.17) is 23.7 Å². The fraction of sp³-hybridized carbons (Fsp3) is 0.0857. The number of ether oxygens (including phenoxy) is 5. The molecule has 0 radical (unpaired) electrons. The van der Waals surface area contributed by atoms with Crippen molar-refractivity contribution >= 4 is 67.1 Å². The molecule has 0 spiro atoms. The van der Waals surface area contributed by atoms with Crippen LogP contribution in [-0.2, 0) is 50.2 Å². The van der Waals surface area contributed by atoms with Gasteiger partial charge in [0.2, 0.25) is 0 Å². The van der Waals surface area contributed by atoms with Gasteiger partial charge in [-0.15, -0.1) is 0 Å². The van der Waals surface area contributed by atoms with Crippen LogP contribution in [0.1, 0.15) is 33.4 Å². The van der Waals surface area contributed by atoms with E-state index in [1.54, 1.807) is 44.9 Å². The summed E-state index contributed by atoms with van der Waals surface area (Å²) in [4.78, 5) is 20.4. The summed E-state index contributed by atoms with van der Waals surface area (Å²) in [7, 11) is 4.34. The summed E-state index contributed by atoms with van der Waals surface area (Å²) in [5, 5.41) is 9.38. The van der Waals surface area contributed by atoms with Crippen LogP contribution in [0.25, 0.3) is 0 Å². The highest BCUT2D eigenvalue weighted by molar-refractivity contribution is 8.00. The molecule has 1 N–H and O–H groups in total. The maximum Gasteiger partial charge on any atom is 0.166 e. The van der Waals surface area contributed by atoms with Crippen molar-refractivity contribution in [1.82, 2.24) is 0 Å². The van der Waals surface area contributed by atoms with Crippen molar-refractivity contribution in [1.29, 1.82) is 0 Å². The highest BCUT2D eigenvalue weighted by Crippen LogP contribution is 2.40. The van der Waals surface area contributed by atoms with E-state index in [0.29, 0.717) is 0 Å². The van der Waals surface area contributed by atoms with Gasteiger partial charge in [-0.1, -0.05) is 179 Å². The van der Waals surface area contributed by atoms with Crippen LogP contribution < -0.4 is 23.7 Å². The van der Waals surface area contributed by atoms with Crippen molar-refractivity contribution in [2.45, 2.75) is 120 Å². The third-order valence-corrected chi connectivity index (χ3v) is 29.6. The number of aryl methyl sites for hydroxylation is 5. The number of para-hydroxylation sites is 2. The third kappa shape index (κ3) is 23.9. The molecular weight excluding hydrogens is 1550 g/mol. The van der Waals surface area contributed by atoms with Crippen LogP contribution >= 0.6 is 23.5 Å². The number of benzene rings is 16. The number of hydrogen-bond acceptors (Lipinski definition) is 8. The zero-order valence-corrected chi connectivity index (χ0v) is 71.7. The lowest BCUT2D eigenvalue weighted by Gasteiger charge is -2.10. The molecular formula is C105H94O6S6+4. The van der Waals surface area contributed by atoms with Gasteiger partial charge in [-0.3, -0.25) is 0 Å². The molecule has 6 nitrogen and oxygen atoms in total. The fourth-order valence-electron chi connectivity index (χ4n) is 12.4. The van der Waals surface area contributed by atoms with Crippen LogP contribution in [0, 0.1) is 34.6 Å². The molecule has 16 aromatic carbocycles. The van der Waals surface area contributed by atoms with Gasteiger partial charge in [-0.2, -0.15) is 0 Å². The van der Waals surface area contributed by atoms with Gasteiger partial charge in [0.15, 0.2) is 58.7 Å². The molecule has 12 heteroatoms. The summed E-state index contributed by atoms with van der Waals surface area (Å²) in [5.41, 5.74) is 7.34. The molecule has 0 aliphatic heterocycles. The number of aliphatic hydroxyl groups is 1. The third-order valence-electron chi connectivity index (χ3n) is 18.7. The average molecular weight is 1640 g/mol. The first-order valence-corrected chi connectivity index (χ1v) is 45.0. The average Bonchev–Trinajstić information content (AvgIpc) is 0.822. The van der Waals surface area contributed by atoms with Crippen LogP contribution in [0.5, 0.6) is 40.2 Å². The molecule has 0 amide bonds. The smallest absolute Gasteiger partial charge is 0.166 e. The lowest BCUT2D eigenvalue weighted by atomic mass is 10.2. The van der Waals surface area contributed by atoms with Crippen molar-refractivity contribution in [3.05, 3.63) is 440 Å². The van der Waals surface area contributed by atoms with E-state index >= 15 is 0 Å². The Morgan fingerprint density at radius 3 is 0.598 bits per heavy atom. The van der Waals surface area contributed by atoms with Crippen molar-refractivity contribution in [3.63, 3.8) is 0 Å². The quantitative estimate of drug-likeness (QED) is 0.0601. The van der Waals surface area contributed by atoms with Crippen molar-refractivity contribution in [2.75, 3.05) is 21.3 Å². The molecule has 0 heterocycles. The first-order valence-electron chi connectivity index (χ1n) is 38.5. The minimum absolute atomic E-state index is 0.0438. The minimum atomic E-state index is -0.283. The molecule has 0 aliphatic carbocycles. The van der Waals surface area contributed by atoms with E-state index in [2.05, 4.69) is 320 Å². The van der Waals surface area contributed by atoms with E-state index in [1.165, 1.54) is 106 Å². The maximum atomic E-state index is 9.38. The predicted molar refractivity (Wildman–Crippen MR) is 489 cm³/mol. The van der Waals surface area contributed by atoms with Gasteiger partial charge in [-0.25, -0.2) is 0 Å². The van der Waals surface area contributed by atoms with Gasteiger partial charge in [-0.05, 0) is 319 Å². The first kappa shape index (κ1) is 83.5. The molecule has 0 fully saturated rings. The molecule has 1 unspecified atom stereocenters. The monoisotopic (exact) mass is 1640 g/mol. The molecule has 16 aromatic rings. The first-order chi connectivity index (χ1) is 57.3. The summed E-state index contributed by atoms with van der Waals surface area (Å²) in [6.45, 7) is 10.7. The largest absolute Gasteiger partial charge is 0.497 e. The Morgan fingerprint density at radius 2 is 0.368 bits per heavy atom. The van der Waals surface area contributed by atoms with Gasteiger partial charge < -0.3 is 28.8 Å². The van der Waals surface area contributed by atoms with Crippen LogP contribution in [0.4, 0.5) is 0 Å². The Hall–Kier alpha value is -11.4. The Bertz CT molecular complexity index is 5280. The van der Waals surface area contributed by atoms with Crippen LogP contribution in [0.2, 0.25) is 0 Å². The highest BCUT2D eigenvalue weighted by Gasteiger charge is 2.33. The summed E-state index contributed by atoms with van der Waals surface area (Å²) < 4.78 is 27.9. The van der Waals surface area contributed by atoms with Crippen molar-refractivity contribution in [2.24, 2.45) is 0 Å². The Kier molecular flexibility index (Phi) is 30.3. The zero-order chi connectivity index (χ0) is 81.1. The van der Waals surface area contributed by atoms with Crippen molar-refractivity contribution in [3.8, 4) is 40.2 Å². The molecule has 1 atom stereocenters. The second-order valence-electron chi connectivity index (χ2n) is 27.4. The van der Waals surface area contributed by atoms with E-state index in [0.717, 1.165) is 45.8 Å². The number of methoxy groups -OCH3 is 3. The molecule has 0 saturated carbocycles. The van der Waals surface area contributed by atoms with Crippen LogP contribution in [-0.4, -0.2) is 26.4 Å². The highest BCUT2D eigenvalue weighted by atomic mass is 32.2. The van der Waals surface area contributed by atoms with E-state index < -0.39 is 0 Å². The molecule has 0 aliphatic rings. The van der Waals surface area contributed by atoms with Gasteiger partial charge in [0.25, 0.3) is 0 Å². The second kappa shape index (κ2) is 42.4. The summed E-state index contributed by atoms with van der Waals surface area (Å²) in [6, 6.07) is 142. The van der Waals surface area contributed by atoms with Crippen molar-refractivity contribution < 1.29 is 28.8 Å². The molecule has 0 aromatic heterocycles. The van der Waals surface area contributed by atoms with Gasteiger partial charge in [0.05, 0.1) is 71.5 Å². The van der Waals surface area contributed by atoms with Gasteiger partial charge in [0.1, 0.15) is 40.2 Å². The van der Waals surface area contributed by atoms with E-state index in [9.17, 15) is 5.11 Å². The van der Waals surface area contributed by atoms with Gasteiger partial charge >= 0.3 is 0 Å². The lowest BCUT2D eigenvalue weighted by molar-refractivity contribution is 0.282. The SMILES string of the molecule is COc1ccc([S+](c2ccc(CO)cc2)c2ccc(Oc3ccccc3)cc2)cc1.COc1ccc([S+](c2ccc(OC)cc2)c2ccc(Sc3ccc(C)cc3)cc2)cc1.Cc1ccc([S+](c2ccc(C)cc2)c2ccc(Oc3ccccc3)cc2)cc1.Cc1ccc([S+](c2ccc(C)cc2)c2ccc(Sc3ccccc3)cc2)cc1. The van der Waals surface area contributed by atoms with Crippen LogP contribution in [0.15, 0.2) is 485 Å². The maximum absolute atomic E-state index is 9.38. The van der Waals surface area contributed by atoms with Crippen LogP contribution in [0.3, 0.4) is 0 Å². The van der Waals surface area contributed by atoms with Gasteiger partial charge in [0, 0.05) is 19.6 Å². The molecule has 0 bridgehead atoms. The summed E-state index contributed by atoms with van der Waals surface area (Å²) >= 11 is 3.59. The number of hydrogen-bond donors (Lipinski definition) is 1. The normalized spacial score (nSPS) is 11.1. The zero-order valence-electron chi connectivity index (χ0n) is 66.8.